The van der Waals surface area contributed by atoms with Crippen LogP contribution in [0.5, 0.6) is 0 Å². The molecular weight excluding hydrogens is 354 g/mol. The summed E-state index contributed by atoms with van der Waals surface area (Å²) < 4.78 is 3.44. The highest BCUT2D eigenvalue weighted by Crippen LogP contribution is 2.20. The third-order valence-electron chi connectivity index (χ3n) is 3.13. The van der Waals surface area contributed by atoms with Crippen LogP contribution >= 0.6 is 15.9 Å². The van der Waals surface area contributed by atoms with Gasteiger partial charge in [0, 0.05) is 28.6 Å². The first-order valence-corrected chi connectivity index (χ1v) is 6.57. The van der Waals surface area contributed by atoms with Crippen LogP contribution in [0.25, 0.3) is 0 Å². The van der Waals surface area contributed by atoms with Crippen LogP contribution in [0.4, 0.5) is 5.69 Å². The molecule has 0 amide bonds. The molecule has 3 rings (SSSR count). The second-order valence-electron chi connectivity index (χ2n) is 4.25. The first kappa shape index (κ1) is 13.5. The van der Waals surface area contributed by atoms with Crippen molar-refractivity contribution >= 4 is 27.8 Å². The molecule has 1 heterocycles. The molecule has 0 spiro atoms. The van der Waals surface area contributed by atoms with E-state index in [4.69, 9.17) is 0 Å². The lowest BCUT2D eigenvalue weighted by Gasteiger charge is -2.11. The topological polar surface area (TPSA) is 3.01 Å². The number of halogens is 2. The lowest BCUT2D eigenvalue weighted by molar-refractivity contribution is -0.436. The van der Waals surface area contributed by atoms with E-state index in [-0.39, 0.29) is 17.0 Å². The van der Waals surface area contributed by atoms with Crippen molar-refractivity contribution in [2.24, 2.45) is 0 Å². The second kappa shape index (κ2) is 5.81. The van der Waals surface area contributed by atoms with Crippen LogP contribution < -0.4 is 17.0 Å². The molecule has 0 bridgehead atoms. The van der Waals surface area contributed by atoms with Crippen LogP contribution in [0, 0.1) is 0 Å². The zero-order valence-corrected chi connectivity index (χ0v) is 13.0. The van der Waals surface area contributed by atoms with Crippen molar-refractivity contribution in [2.45, 2.75) is 6.42 Å². The molecule has 2 aromatic rings. The Morgan fingerprint density at radius 1 is 0.944 bits per heavy atom. The minimum absolute atomic E-state index is 0. The highest BCUT2D eigenvalue weighted by Gasteiger charge is 2.16. The molecule has 0 saturated heterocycles. The fraction of sp³-hybridized carbons (Fsp3) is 0.133. The van der Waals surface area contributed by atoms with E-state index in [1.165, 1.54) is 16.8 Å². The monoisotopic (exact) mass is 365 g/mol. The van der Waals surface area contributed by atoms with Crippen LogP contribution in [0.1, 0.15) is 11.1 Å². The van der Waals surface area contributed by atoms with Crippen LogP contribution in [0.3, 0.4) is 0 Å². The highest BCUT2D eigenvalue weighted by molar-refractivity contribution is 9.10. The molecule has 0 saturated carbocycles. The number of hydrogen-bond acceptors (Lipinski definition) is 0. The van der Waals surface area contributed by atoms with E-state index in [0.29, 0.717) is 0 Å². The van der Waals surface area contributed by atoms with Gasteiger partial charge in [0.2, 0.25) is 5.69 Å². The predicted octanol–water partition coefficient (Wildman–Crippen LogP) is 0.772. The van der Waals surface area contributed by atoms with Gasteiger partial charge in [-0.2, -0.15) is 4.58 Å². The van der Waals surface area contributed by atoms with E-state index < -0.39 is 0 Å². The van der Waals surface area contributed by atoms with Crippen molar-refractivity contribution in [3.8, 4) is 0 Å². The molecule has 0 aromatic heterocycles. The second-order valence-corrected chi connectivity index (χ2v) is 5.16. The third-order valence-corrected chi connectivity index (χ3v) is 3.66. The Kier molecular flexibility index (Phi) is 4.36. The average molecular weight is 367 g/mol. The zero-order valence-electron chi connectivity index (χ0n) is 9.81. The molecule has 0 radical (unpaired) electrons. The van der Waals surface area contributed by atoms with Gasteiger partial charge in [0.05, 0.1) is 0 Å². The summed E-state index contributed by atoms with van der Waals surface area (Å²) in [6, 6.07) is 17.1. The van der Waals surface area contributed by atoms with Gasteiger partial charge >= 0.3 is 0 Å². The van der Waals surface area contributed by atoms with Crippen molar-refractivity contribution in [1.29, 1.82) is 0 Å². The quantitative estimate of drug-likeness (QED) is 0.656. The largest absolute Gasteiger partial charge is 1.00 e. The first-order valence-electron chi connectivity index (χ1n) is 5.78. The molecule has 1 aliphatic rings. The average Bonchev–Trinajstić information content (AvgIpc) is 2.39. The molecule has 1 aliphatic heterocycles. The third kappa shape index (κ3) is 2.73. The Hall–Kier alpha value is -0.930. The number of rotatable bonds is 1. The number of fused-ring (bicyclic) bond motifs is 1. The fourth-order valence-corrected chi connectivity index (χ4v) is 2.46. The molecule has 0 atom stereocenters. The summed E-state index contributed by atoms with van der Waals surface area (Å²) in [5.41, 5.74) is 4.03. The van der Waals surface area contributed by atoms with E-state index in [9.17, 15) is 0 Å². The van der Waals surface area contributed by atoms with Crippen LogP contribution in [0.2, 0.25) is 0 Å². The van der Waals surface area contributed by atoms with E-state index in [1.807, 2.05) is 0 Å². The summed E-state index contributed by atoms with van der Waals surface area (Å²) in [5.74, 6) is 0. The normalized spacial score (nSPS) is 13.3. The lowest BCUT2D eigenvalue weighted by Crippen LogP contribution is -3.00. The van der Waals surface area contributed by atoms with Crippen LogP contribution in [-0.2, 0) is 6.42 Å². The van der Waals surface area contributed by atoms with E-state index in [2.05, 4.69) is 75.3 Å². The highest BCUT2D eigenvalue weighted by atomic mass is 79.9. The van der Waals surface area contributed by atoms with Gasteiger partial charge in [-0.3, -0.25) is 0 Å². The van der Waals surface area contributed by atoms with Gasteiger partial charge in [-0.1, -0.05) is 34.1 Å². The Balaban J connectivity index is 0.00000120. The van der Waals surface area contributed by atoms with Gasteiger partial charge in [0.15, 0.2) is 12.8 Å². The first-order chi connectivity index (χ1) is 8.33. The fourth-order valence-electron chi connectivity index (χ4n) is 2.20. The maximum atomic E-state index is 3.47. The van der Waals surface area contributed by atoms with Crippen molar-refractivity contribution in [2.75, 3.05) is 6.54 Å². The van der Waals surface area contributed by atoms with Crippen molar-refractivity contribution in [1.82, 2.24) is 0 Å². The Labute approximate surface area is 126 Å². The summed E-state index contributed by atoms with van der Waals surface area (Å²) in [5, 5.41) is 0. The van der Waals surface area contributed by atoms with Crippen LogP contribution in [0.15, 0.2) is 53.0 Å². The Morgan fingerprint density at radius 2 is 1.67 bits per heavy atom. The summed E-state index contributed by atoms with van der Waals surface area (Å²) in [6.45, 7) is 1.05. The summed E-state index contributed by atoms with van der Waals surface area (Å²) >= 11 is 3.47. The maximum Gasteiger partial charge on any atom is 0.205 e. The molecular formula is C15H13Br2N. The molecule has 0 aliphatic carbocycles. The zero-order chi connectivity index (χ0) is 11.7. The van der Waals surface area contributed by atoms with E-state index in [1.54, 1.807) is 0 Å². The van der Waals surface area contributed by atoms with Crippen LogP contribution in [-0.4, -0.2) is 17.3 Å². The van der Waals surface area contributed by atoms with Crippen molar-refractivity contribution < 1.29 is 21.6 Å². The number of nitrogens with zero attached hydrogens (tertiary/aromatic N) is 1. The summed E-state index contributed by atoms with van der Waals surface area (Å²) in [4.78, 5) is 0. The summed E-state index contributed by atoms with van der Waals surface area (Å²) in [6.07, 6.45) is 3.35. The maximum absolute atomic E-state index is 3.47. The van der Waals surface area contributed by atoms with E-state index >= 15 is 0 Å². The van der Waals surface area contributed by atoms with Crippen molar-refractivity contribution in [3.63, 3.8) is 0 Å². The van der Waals surface area contributed by atoms with Gasteiger partial charge in [0.1, 0.15) is 0 Å². The molecule has 3 heteroatoms. The predicted molar refractivity (Wildman–Crippen MR) is 74.2 cm³/mol. The van der Waals surface area contributed by atoms with Gasteiger partial charge in [-0.05, 0) is 23.8 Å². The van der Waals surface area contributed by atoms with Gasteiger partial charge < -0.3 is 17.0 Å². The molecule has 18 heavy (non-hydrogen) atoms. The van der Waals surface area contributed by atoms with Gasteiger partial charge in [-0.25, -0.2) is 0 Å². The number of benzene rings is 2. The molecule has 1 nitrogen and oxygen atoms in total. The SMILES string of the molecule is Brc1ccc([N+]2=Cc3ccccc3CC2)cc1.[Br-]. The smallest absolute Gasteiger partial charge is 0.205 e. The standard InChI is InChI=1S/C15H13BrN.BrH/c16-14-5-7-15(8-6-14)17-10-9-12-3-1-2-4-13(12)11-17;/h1-8,11H,9-10H2;1H/q+1;/p-1. The van der Waals surface area contributed by atoms with Gasteiger partial charge in [0.25, 0.3) is 0 Å². The molecule has 2 aromatic carbocycles. The minimum atomic E-state index is 0. The Bertz CT molecular complexity index is 573. The lowest BCUT2D eigenvalue weighted by atomic mass is 10.0. The minimum Gasteiger partial charge on any atom is -1.00 e. The molecule has 92 valence electrons. The van der Waals surface area contributed by atoms with Gasteiger partial charge in [-0.15, -0.1) is 0 Å². The molecule has 0 fully saturated rings. The number of hydrogen-bond donors (Lipinski definition) is 0. The van der Waals surface area contributed by atoms with E-state index in [0.717, 1.165) is 17.4 Å². The summed E-state index contributed by atoms with van der Waals surface area (Å²) in [7, 11) is 0. The van der Waals surface area contributed by atoms with Crippen molar-refractivity contribution in [3.05, 3.63) is 64.1 Å². The molecule has 0 unspecified atom stereocenters. The Morgan fingerprint density at radius 3 is 2.44 bits per heavy atom. The molecule has 0 N–H and O–H groups in total.